The van der Waals surface area contributed by atoms with Crippen LogP contribution >= 0.6 is 0 Å². The van der Waals surface area contributed by atoms with E-state index < -0.39 is 11.8 Å². The SMILES string of the molecule is O=C([O-])C1=C(c2ccccc2)c2ccc(OCCCc3ccccc3)cc2C1=O.[NH-]C1CCCCC1. The highest BCUT2D eigenvalue weighted by molar-refractivity contribution is 6.34. The fourth-order valence-electron chi connectivity index (χ4n) is 4.71. The van der Waals surface area contributed by atoms with E-state index in [0.717, 1.165) is 25.7 Å². The number of nitrogens with one attached hydrogen (secondary N) is 1. The van der Waals surface area contributed by atoms with Crippen LogP contribution in [0.25, 0.3) is 11.3 Å². The first-order valence-corrected chi connectivity index (χ1v) is 12.6. The number of ether oxygens (including phenoxy) is 1. The average Bonchev–Trinajstić information content (AvgIpc) is 3.20. The van der Waals surface area contributed by atoms with Crippen molar-refractivity contribution < 1.29 is 19.4 Å². The number of carboxylic acid groups (broad SMARTS) is 1. The Morgan fingerprint density at radius 1 is 0.889 bits per heavy atom. The molecule has 0 unspecified atom stereocenters. The second-order valence-corrected chi connectivity index (χ2v) is 9.21. The molecule has 0 spiro atoms. The number of benzene rings is 3. The quantitative estimate of drug-likeness (QED) is 0.314. The number of carboxylic acids is 1. The minimum Gasteiger partial charge on any atom is -0.675 e. The lowest BCUT2D eigenvalue weighted by molar-refractivity contribution is -0.298. The van der Waals surface area contributed by atoms with Crippen LogP contribution in [-0.4, -0.2) is 24.4 Å². The van der Waals surface area contributed by atoms with E-state index in [1.54, 1.807) is 30.3 Å². The van der Waals surface area contributed by atoms with Crippen molar-refractivity contribution >= 4 is 17.3 Å². The van der Waals surface area contributed by atoms with Crippen LogP contribution in [-0.2, 0) is 11.2 Å². The lowest BCUT2D eigenvalue weighted by Crippen LogP contribution is -2.27. The molecule has 1 N–H and O–H groups in total. The van der Waals surface area contributed by atoms with Crippen molar-refractivity contribution in [2.45, 2.75) is 51.0 Å². The summed E-state index contributed by atoms with van der Waals surface area (Å²) in [5.74, 6) is -1.44. The Morgan fingerprint density at radius 2 is 1.56 bits per heavy atom. The molecular formula is C31H31NO4-2. The molecule has 5 heteroatoms. The standard InChI is InChI=1S/C25H20O4.C6H12N/c26-24-21-16-19(29-15-7-10-17-8-3-1-4-9-17)13-14-20(21)22(23(24)25(27)28)18-11-5-2-6-12-18;7-6-4-2-1-3-5-6/h1-6,8-9,11-14,16H,7,10,15H2,(H,27,28);6-7H,1-5H2/q;-1/p-1. The Kier molecular flexibility index (Phi) is 8.69. The van der Waals surface area contributed by atoms with Gasteiger partial charge >= 0.3 is 0 Å². The molecule has 0 aliphatic heterocycles. The maximum atomic E-state index is 12.8. The molecule has 0 aromatic heterocycles. The van der Waals surface area contributed by atoms with Gasteiger partial charge in [-0.15, -0.1) is 6.04 Å². The zero-order valence-electron chi connectivity index (χ0n) is 20.4. The summed E-state index contributed by atoms with van der Waals surface area (Å²) in [5, 5.41) is 11.7. The van der Waals surface area contributed by atoms with Gasteiger partial charge in [0.2, 0.25) is 0 Å². The molecular weight excluding hydrogens is 450 g/mol. The number of Topliss-reactive ketones (excluding diaryl/α,β-unsaturated/α-hetero) is 1. The average molecular weight is 482 g/mol. The molecule has 2 aliphatic rings. The molecule has 1 saturated carbocycles. The molecule has 186 valence electrons. The van der Waals surface area contributed by atoms with E-state index in [1.165, 1.54) is 24.8 Å². The second kappa shape index (κ2) is 12.3. The summed E-state index contributed by atoms with van der Waals surface area (Å²) in [7, 11) is 0. The Hall–Kier alpha value is -3.70. The number of carbonyl (C=O) groups excluding carboxylic acids is 2. The molecule has 0 saturated heterocycles. The van der Waals surface area contributed by atoms with Crippen molar-refractivity contribution in [1.29, 1.82) is 0 Å². The molecule has 1 fully saturated rings. The maximum Gasteiger partial charge on any atom is 0.196 e. The third-order valence-electron chi connectivity index (χ3n) is 6.58. The van der Waals surface area contributed by atoms with Crippen LogP contribution in [0.1, 0.15) is 65.6 Å². The molecule has 3 aromatic carbocycles. The minimum absolute atomic E-state index is 0.286. The van der Waals surface area contributed by atoms with Crippen molar-refractivity contribution in [1.82, 2.24) is 0 Å². The smallest absolute Gasteiger partial charge is 0.196 e. The molecule has 0 radical (unpaired) electrons. The summed E-state index contributed by atoms with van der Waals surface area (Å²) in [6.07, 6.45) is 8.02. The van der Waals surface area contributed by atoms with Crippen LogP contribution in [0.4, 0.5) is 0 Å². The van der Waals surface area contributed by atoms with Gasteiger partial charge in [0.25, 0.3) is 0 Å². The van der Waals surface area contributed by atoms with Gasteiger partial charge in [0.1, 0.15) is 5.75 Å². The lowest BCUT2D eigenvalue weighted by atomic mass is 9.97. The van der Waals surface area contributed by atoms with Crippen molar-refractivity contribution in [2.24, 2.45) is 0 Å². The first kappa shape index (κ1) is 25.4. The third-order valence-corrected chi connectivity index (χ3v) is 6.58. The van der Waals surface area contributed by atoms with Crippen LogP contribution < -0.4 is 9.84 Å². The molecule has 2 aliphatic carbocycles. The van der Waals surface area contributed by atoms with Crippen LogP contribution in [0.2, 0.25) is 0 Å². The number of hydrogen-bond donors (Lipinski definition) is 0. The van der Waals surface area contributed by atoms with E-state index in [2.05, 4.69) is 12.1 Å². The second-order valence-electron chi connectivity index (χ2n) is 9.21. The molecule has 0 amide bonds. The fourth-order valence-corrected chi connectivity index (χ4v) is 4.71. The highest BCUT2D eigenvalue weighted by Crippen LogP contribution is 2.38. The predicted molar refractivity (Wildman–Crippen MR) is 140 cm³/mol. The van der Waals surface area contributed by atoms with Gasteiger partial charge in [-0.05, 0) is 47.7 Å². The van der Waals surface area contributed by atoms with Gasteiger partial charge in [0, 0.05) is 11.1 Å². The predicted octanol–water partition coefficient (Wildman–Crippen LogP) is 5.82. The zero-order chi connectivity index (χ0) is 25.3. The van der Waals surface area contributed by atoms with Gasteiger partial charge in [0.05, 0.1) is 18.1 Å². The summed E-state index contributed by atoms with van der Waals surface area (Å²) >= 11 is 0. The van der Waals surface area contributed by atoms with Crippen LogP contribution in [0, 0.1) is 0 Å². The van der Waals surface area contributed by atoms with Gasteiger partial charge in [-0.25, -0.2) is 0 Å². The molecule has 5 rings (SSSR count). The summed E-state index contributed by atoms with van der Waals surface area (Å²) in [6, 6.07) is 24.6. The number of aliphatic carboxylic acids is 1. The lowest BCUT2D eigenvalue weighted by Gasteiger charge is -2.23. The summed E-state index contributed by atoms with van der Waals surface area (Å²) in [4.78, 5) is 24.4. The number of rotatable bonds is 7. The summed E-state index contributed by atoms with van der Waals surface area (Å²) in [5.41, 5.74) is 10.2. The zero-order valence-corrected chi connectivity index (χ0v) is 20.4. The highest BCUT2D eigenvalue weighted by Gasteiger charge is 2.31. The summed E-state index contributed by atoms with van der Waals surface area (Å²) in [6.45, 7) is 0.508. The van der Waals surface area contributed by atoms with E-state index in [-0.39, 0.29) is 11.6 Å². The van der Waals surface area contributed by atoms with E-state index in [4.69, 9.17) is 10.5 Å². The first-order chi connectivity index (χ1) is 17.5. The largest absolute Gasteiger partial charge is 0.675 e. The first-order valence-electron chi connectivity index (χ1n) is 12.6. The molecule has 36 heavy (non-hydrogen) atoms. The van der Waals surface area contributed by atoms with E-state index in [0.29, 0.717) is 34.6 Å². The van der Waals surface area contributed by atoms with Crippen molar-refractivity contribution in [3.8, 4) is 5.75 Å². The van der Waals surface area contributed by atoms with Crippen molar-refractivity contribution in [3.05, 3.63) is 112 Å². The Bertz CT molecular complexity index is 1210. The van der Waals surface area contributed by atoms with E-state index in [9.17, 15) is 14.7 Å². The molecule has 0 atom stereocenters. The number of fused-ring (bicyclic) bond motifs is 1. The van der Waals surface area contributed by atoms with Crippen LogP contribution in [0.15, 0.2) is 84.4 Å². The minimum atomic E-state index is -1.46. The van der Waals surface area contributed by atoms with Gasteiger partial charge in [-0.2, -0.15) is 0 Å². The van der Waals surface area contributed by atoms with Gasteiger partial charge in [0.15, 0.2) is 5.78 Å². The monoisotopic (exact) mass is 481 g/mol. The normalized spacial score (nSPS) is 15.2. The van der Waals surface area contributed by atoms with E-state index >= 15 is 0 Å². The van der Waals surface area contributed by atoms with Gasteiger partial charge < -0.3 is 20.4 Å². The molecule has 0 bridgehead atoms. The number of aryl methyl sites for hydroxylation is 1. The Morgan fingerprint density at radius 3 is 2.17 bits per heavy atom. The number of ketones is 1. The molecule has 5 nitrogen and oxygen atoms in total. The number of carbonyl (C=O) groups is 2. The topological polar surface area (TPSA) is 90.2 Å². The molecule has 0 heterocycles. The van der Waals surface area contributed by atoms with Gasteiger partial charge in [-0.1, -0.05) is 92.8 Å². The van der Waals surface area contributed by atoms with E-state index in [1.807, 2.05) is 36.4 Å². The highest BCUT2D eigenvalue weighted by atomic mass is 16.5. The number of hydrogen-bond acceptors (Lipinski definition) is 4. The fraction of sp³-hybridized carbons (Fsp3) is 0.290. The third kappa shape index (κ3) is 6.29. The van der Waals surface area contributed by atoms with Crippen molar-refractivity contribution in [3.63, 3.8) is 0 Å². The summed E-state index contributed by atoms with van der Waals surface area (Å²) < 4.78 is 5.80. The Labute approximate surface area is 212 Å². The maximum absolute atomic E-state index is 12.8. The van der Waals surface area contributed by atoms with Crippen LogP contribution in [0.5, 0.6) is 5.75 Å². The Balaban J connectivity index is 0.000000375. The van der Waals surface area contributed by atoms with Gasteiger partial charge in [-0.3, -0.25) is 4.79 Å². The van der Waals surface area contributed by atoms with Crippen molar-refractivity contribution in [2.75, 3.05) is 6.61 Å². The van der Waals surface area contributed by atoms with Crippen LogP contribution in [0.3, 0.4) is 0 Å². The molecule has 3 aromatic rings.